The quantitative estimate of drug-likeness (QED) is 0.781. The minimum absolute atomic E-state index is 0.0753. The van der Waals surface area contributed by atoms with Gasteiger partial charge in [-0.2, -0.15) is 0 Å². The number of aliphatic hydroxyl groups excluding tert-OH is 2. The van der Waals surface area contributed by atoms with Crippen molar-refractivity contribution in [2.24, 2.45) is 0 Å². The summed E-state index contributed by atoms with van der Waals surface area (Å²) in [5.41, 5.74) is 0.555. The predicted molar refractivity (Wildman–Crippen MR) is 65.7 cm³/mol. The number of hydrogen-bond acceptors (Lipinski definition) is 5. The summed E-state index contributed by atoms with van der Waals surface area (Å²) in [5.74, 6) is 1.54. The lowest BCUT2D eigenvalue weighted by molar-refractivity contribution is 0.191. The molecule has 0 saturated heterocycles. The van der Waals surface area contributed by atoms with Crippen LogP contribution in [0.4, 0.5) is 0 Å². The van der Waals surface area contributed by atoms with Gasteiger partial charge in [0, 0.05) is 13.0 Å². The van der Waals surface area contributed by atoms with Crippen LogP contribution in [0, 0.1) is 0 Å². The summed E-state index contributed by atoms with van der Waals surface area (Å²) >= 11 is 0. The molecule has 1 aliphatic rings. The summed E-state index contributed by atoms with van der Waals surface area (Å²) in [6.45, 7) is 0.655. The Morgan fingerprint density at radius 3 is 2.94 bits per heavy atom. The summed E-state index contributed by atoms with van der Waals surface area (Å²) < 4.78 is 16.1. The van der Waals surface area contributed by atoms with E-state index in [1.807, 2.05) is 0 Å². The first kappa shape index (κ1) is 12.6. The standard InChI is InChI=1S/C13H16O5/c1-16-11-8-18-13-9(12(11)15)4-2-5-10(13)17-7-3-6-14/h2,4-5,14-15H,3,6-8H2,1H3. The van der Waals surface area contributed by atoms with Crippen molar-refractivity contribution in [1.29, 1.82) is 0 Å². The number of fused-ring (bicyclic) bond motifs is 1. The molecule has 0 radical (unpaired) electrons. The van der Waals surface area contributed by atoms with E-state index in [9.17, 15) is 5.11 Å². The van der Waals surface area contributed by atoms with Gasteiger partial charge in [0.25, 0.3) is 0 Å². The minimum Gasteiger partial charge on any atom is -0.504 e. The highest BCUT2D eigenvalue weighted by atomic mass is 16.5. The molecule has 2 N–H and O–H groups in total. The Bertz CT molecular complexity index is 453. The van der Waals surface area contributed by atoms with E-state index in [4.69, 9.17) is 19.3 Å². The number of rotatable bonds is 5. The molecule has 18 heavy (non-hydrogen) atoms. The van der Waals surface area contributed by atoms with Gasteiger partial charge < -0.3 is 24.4 Å². The fraction of sp³-hybridized carbons (Fsp3) is 0.385. The zero-order chi connectivity index (χ0) is 13.0. The van der Waals surface area contributed by atoms with E-state index < -0.39 is 0 Å². The highest BCUT2D eigenvalue weighted by Crippen LogP contribution is 2.39. The first-order chi connectivity index (χ1) is 8.77. The molecule has 0 atom stereocenters. The van der Waals surface area contributed by atoms with Crippen molar-refractivity contribution in [3.8, 4) is 11.5 Å². The van der Waals surface area contributed by atoms with Gasteiger partial charge in [-0.1, -0.05) is 6.07 Å². The molecular formula is C13H16O5. The van der Waals surface area contributed by atoms with Crippen LogP contribution in [0.5, 0.6) is 11.5 Å². The van der Waals surface area contributed by atoms with Gasteiger partial charge in [0.1, 0.15) is 6.61 Å². The van der Waals surface area contributed by atoms with Crippen molar-refractivity contribution in [3.63, 3.8) is 0 Å². The van der Waals surface area contributed by atoms with Crippen LogP contribution in [-0.2, 0) is 4.74 Å². The van der Waals surface area contributed by atoms with Crippen LogP contribution in [0.1, 0.15) is 12.0 Å². The Morgan fingerprint density at radius 2 is 2.22 bits per heavy atom. The van der Waals surface area contributed by atoms with Gasteiger partial charge in [0.2, 0.25) is 0 Å². The number of benzene rings is 1. The van der Waals surface area contributed by atoms with Crippen molar-refractivity contribution >= 4 is 5.76 Å². The Morgan fingerprint density at radius 1 is 1.39 bits per heavy atom. The van der Waals surface area contributed by atoms with Gasteiger partial charge in [-0.3, -0.25) is 0 Å². The molecule has 0 fully saturated rings. The van der Waals surface area contributed by atoms with Crippen molar-refractivity contribution in [1.82, 2.24) is 0 Å². The molecule has 5 heteroatoms. The third-order valence-corrected chi connectivity index (χ3v) is 2.65. The molecule has 0 aromatic heterocycles. The van der Waals surface area contributed by atoms with Gasteiger partial charge in [-0.15, -0.1) is 0 Å². The summed E-state index contributed by atoms with van der Waals surface area (Å²) in [6.07, 6.45) is 0.550. The fourth-order valence-corrected chi connectivity index (χ4v) is 1.72. The molecule has 1 aromatic rings. The first-order valence-electron chi connectivity index (χ1n) is 5.74. The number of ether oxygens (including phenoxy) is 3. The zero-order valence-electron chi connectivity index (χ0n) is 10.2. The maximum atomic E-state index is 10.00. The molecule has 0 bridgehead atoms. The van der Waals surface area contributed by atoms with Gasteiger partial charge in [0.15, 0.2) is 23.0 Å². The predicted octanol–water partition coefficient (Wildman–Crippen LogP) is 1.71. The lowest BCUT2D eigenvalue weighted by atomic mass is 10.1. The number of methoxy groups -OCH3 is 1. The van der Waals surface area contributed by atoms with E-state index in [0.717, 1.165) is 0 Å². The van der Waals surface area contributed by atoms with Crippen LogP contribution in [0.25, 0.3) is 5.76 Å². The minimum atomic E-state index is 0.0753. The van der Waals surface area contributed by atoms with Gasteiger partial charge in [-0.25, -0.2) is 0 Å². The summed E-state index contributed by atoms with van der Waals surface area (Å²) in [4.78, 5) is 0. The van der Waals surface area contributed by atoms with Gasteiger partial charge >= 0.3 is 0 Å². The SMILES string of the molecule is COC1=C(O)c2cccc(OCCCO)c2OC1. The molecular weight excluding hydrogens is 236 g/mol. The molecule has 0 unspecified atom stereocenters. The lowest BCUT2D eigenvalue weighted by Gasteiger charge is -2.21. The normalized spacial score (nSPS) is 13.9. The largest absolute Gasteiger partial charge is 0.504 e. The molecule has 0 spiro atoms. The van der Waals surface area contributed by atoms with E-state index in [0.29, 0.717) is 35.8 Å². The maximum Gasteiger partial charge on any atom is 0.175 e. The second-order valence-corrected chi connectivity index (χ2v) is 3.82. The van der Waals surface area contributed by atoms with Crippen LogP contribution >= 0.6 is 0 Å². The summed E-state index contributed by atoms with van der Waals surface area (Å²) in [6, 6.07) is 5.27. The molecule has 1 aliphatic heterocycles. The van der Waals surface area contributed by atoms with E-state index in [-0.39, 0.29) is 19.0 Å². The number of para-hydroxylation sites is 1. The second-order valence-electron chi connectivity index (χ2n) is 3.82. The van der Waals surface area contributed by atoms with Crippen molar-refractivity contribution < 1.29 is 24.4 Å². The zero-order valence-corrected chi connectivity index (χ0v) is 10.2. The van der Waals surface area contributed by atoms with Crippen LogP contribution in [0.3, 0.4) is 0 Å². The Balaban J connectivity index is 2.26. The van der Waals surface area contributed by atoms with E-state index in [2.05, 4.69) is 0 Å². The van der Waals surface area contributed by atoms with Gasteiger partial charge in [0.05, 0.1) is 19.3 Å². The Kier molecular flexibility index (Phi) is 3.94. The molecule has 2 rings (SSSR count). The van der Waals surface area contributed by atoms with E-state index >= 15 is 0 Å². The summed E-state index contributed by atoms with van der Waals surface area (Å²) in [5, 5.41) is 18.7. The highest BCUT2D eigenvalue weighted by molar-refractivity contribution is 5.71. The monoisotopic (exact) mass is 252 g/mol. The summed E-state index contributed by atoms with van der Waals surface area (Å²) in [7, 11) is 1.49. The van der Waals surface area contributed by atoms with Crippen LogP contribution in [0.2, 0.25) is 0 Å². The maximum absolute atomic E-state index is 10.00. The average Bonchev–Trinajstić information content (AvgIpc) is 2.40. The number of aliphatic hydroxyl groups is 2. The lowest BCUT2D eigenvalue weighted by Crippen LogP contribution is -2.14. The van der Waals surface area contributed by atoms with Crippen LogP contribution in [-0.4, -0.2) is 37.1 Å². The first-order valence-corrected chi connectivity index (χ1v) is 5.74. The topological polar surface area (TPSA) is 68.2 Å². The molecule has 1 heterocycles. The molecule has 0 amide bonds. The smallest absolute Gasteiger partial charge is 0.175 e. The molecule has 0 saturated carbocycles. The molecule has 0 aliphatic carbocycles. The molecule has 98 valence electrons. The number of hydrogen-bond donors (Lipinski definition) is 2. The van der Waals surface area contributed by atoms with E-state index in [1.165, 1.54) is 7.11 Å². The Hall–Kier alpha value is -1.88. The van der Waals surface area contributed by atoms with Gasteiger partial charge in [-0.05, 0) is 12.1 Å². The molecule has 5 nitrogen and oxygen atoms in total. The third kappa shape index (κ3) is 2.36. The fourth-order valence-electron chi connectivity index (χ4n) is 1.72. The molecule has 1 aromatic carbocycles. The van der Waals surface area contributed by atoms with Crippen molar-refractivity contribution in [2.75, 3.05) is 26.9 Å². The third-order valence-electron chi connectivity index (χ3n) is 2.65. The van der Waals surface area contributed by atoms with E-state index in [1.54, 1.807) is 18.2 Å². The van der Waals surface area contributed by atoms with Crippen LogP contribution < -0.4 is 9.47 Å². The Labute approximate surface area is 105 Å². The van der Waals surface area contributed by atoms with Crippen molar-refractivity contribution in [2.45, 2.75) is 6.42 Å². The van der Waals surface area contributed by atoms with Crippen molar-refractivity contribution in [3.05, 3.63) is 29.5 Å². The average molecular weight is 252 g/mol. The highest BCUT2D eigenvalue weighted by Gasteiger charge is 2.23. The second kappa shape index (κ2) is 5.64. The van der Waals surface area contributed by atoms with Crippen LogP contribution in [0.15, 0.2) is 24.0 Å².